The summed E-state index contributed by atoms with van der Waals surface area (Å²) in [5.74, 6) is 1.31. The molecule has 0 aliphatic rings. The molecule has 1 aromatic carbocycles. The number of anilines is 1. The first kappa shape index (κ1) is 20.2. The first-order chi connectivity index (χ1) is 14.6. The molecule has 0 bridgehead atoms. The third-order valence-corrected chi connectivity index (χ3v) is 5.89. The van der Waals surface area contributed by atoms with E-state index in [1.165, 1.54) is 6.07 Å². The Morgan fingerprint density at radius 1 is 1.20 bits per heavy atom. The number of ether oxygens (including phenoxy) is 2. The predicted molar refractivity (Wildman–Crippen MR) is 120 cm³/mol. The zero-order valence-electron chi connectivity index (χ0n) is 17.2. The van der Waals surface area contributed by atoms with Gasteiger partial charge in [-0.05, 0) is 44.2 Å². The van der Waals surface area contributed by atoms with Crippen LogP contribution in [0, 0.1) is 12.7 Å². The van der Waals surface area contributed by atoms with E-state index in [9.17, 15) is 4.39 Å². The summed E-state index contributed by atoms with van der Waals surface area (Å²) in [6.07, 6.45) is 1.79. The Labute approximate surface area is 179 Å². The van der Waals surface area contributed by atoms with Crippen LogP contribution in [0.2, 0.25) is 0 Å². The topological polar surface area (TPSA) is 48.3 Å². The highest BCUT2D eigenvalue weighted by Gasteiger charge is 2.14. The molecular weight excluding hydrogens is 401 g/mol. The minimum absolute atomic E-state index is 0.243. The molecule has 0 unspecified atom stereocenters. The van der Waals surface area contributed by atoms with Crippen molar-refractivity contribution in [2.45, 2.75) is 20.4 Å². The Morgan fingerprint density at radius 2 is 2.07 bits per heavy atom. The molecule has 7 heteroatoms. The summed E-state index contributed by atoms with van der Waals surface area (Å²) >= 11 is 1.61. The van der Waals surface area contributed by atoms with Crippen molar-refractivity contribution in [3.63, 3.8) is 0 Å². The number of aryl methyl sites for hydroxylation is 1. The number of hydrogen-bond donors (Lipinski definition) is 1. The number of aromatic nitrogens is 2. The number of hydrogen-bond acceptors (Lipinski definition) is 5. The summed E-state index contributed by atoms with van der Waals surface area (Å²) in [6, 6.07) is 11.0. The normalized spacial score (nSPS) is 11.1. The molecule has 3 aromatic heterocycles. The predicted octanol–water partition coefficient (Wildman–Crippen LogP) is 5.73. The van der Waals surface area contributed by atoms with Gasteiger partial charge in [-0.3, -0.25) is 4.98 Å². The van der Waals surface area contributed by atoms with Gasteiger partial charge in [-0.1, -0.05) is 0 Å². The third-order valence-electron chi connectivity index (χ3n) is 4.96. The van der Waals surface area contributed by atoms with E-state index in [0.717, 1.165) is 33.1 Å². The highest BCUT2D eigenvalue weighted by atomic mass is 32.1. The summed E-state index contributed by atoms with van der Waals surface area (Å²) in [7, 11) is 1.60. The largest absolute Gasteiger partial charge is 0.496 e. The lowest BCUT2D eigenvalue weighted by molar-refractivity contribution is 0.342. The van der Waals surface area contributed by atoms with Crippen molar-refractivity contribution in [2.24, 2.45) is 0 Å². The van der Waals surface area contributed by atoms with Gasteiger partial charge in [0.15, 0.2) is 0 Å². The maximum absolute atomic E-state index is 14.5. The molecule has 1 N–H and O–H groups in total. The first-order valence-electron chi connectivity index (χ1n) is 9.84. The van der Waals surface area contributed by atoms with Crippen molar-refractivity contribution in [3.8, 4) is 22.1 Å². The minimum atomic E-state index is -0.243. The number of benzene rings is 1. The number of nitrogens with one attached hydrogen (secondary N) is 1. The Bertz CT molecular complexity index is 1170. The molecule has 0 aliphatic carbocycles. The van der Waals surface area contributed by atoms with E-state index < -0.39 is 0 Å². The van der Waals surface area contributed by atoms with Gasteiger partial charge in [0, 0.05) is 47.5 Å². The Hall–Kier alpha value is -3.06. The minimum Gasteiger partial charge on any atom is -0.496 e. The number of pyridine rings is 1. The molecule has 30 heavy (non-hydrogen) atoms. The van der Waals surface area contributed by atoms with Crippen molar-refractivity contribution in [2.75, 3.05) is 25.6 Å². The molecule has 0 saturated carbocycles. The highest BCUT2D eigenvalue weighted by molar-refractivity contribution is 7.13. The van der Waals surface area contributed by atoms with Crippen LogP contribution in [0.3, 0.4) is 0 Å². The molecule has 0 atom stereocenters. The van der Waals surface area contributed by atoms with Crippen LogP contribution in [0.25, 0.3) is 21.5 Å². The van der Waals surface area contributed by atoms with Crippen molar-refractivity contribution < 1.29 is 13.9 Å². The third kappa shape index (κ3) is 3.98. The van der Waals surface area contributed by atoms with E-state index in [-0.39, 0.29) is 5.82 Å². The van der Waals surface area contributed by atoms with Gasteiger partial charge in [0.2, 0.25) is 0 Å². The lowest BCUT2D eigenvalue weighted by Gasteiger charge is -2.12. The highest BCUT2D eigenvalue weighted by Crippen LogP contribution is 2.32. The number of thiophene rings is 1. The molecule has 0 saturated heterocycles. The van der Waals surface area contributed by atoms with Gasteiger partial charge < -0.3 is 19.4 Å². The van der Waals surface area contributed by atoms with E-state index in [0.29, 0.717) is 31.0 Å². The van der Waals surface area contributed by atoms with Crippen LogP contribution in [-0.2, 0) is 6.54 Å². The van der Waals surface area contributed by atoms with Gasteiger partial charge in [-0.15, -0.1) is 11.3 Å². The average Bonchev–Trinajstić information content (AvgIpc) is 3.34. The molecule has 0 radical (unpaired) electrons. The summed E-state index contributed by atoms with van der Waals surface area (Å²) in [6.45, 7) is 5.88. The summed E-state index contributed by atoms with van der Waals surface area (Å²) in [4.78, 5) is 5.53. The van der Waals surface area contributed by atoms with E-state index in [1.54, 1.807) is 30.7 Å². The Balaban J connectivity index is 1.49. The second-order valence-corrected chi connectivity index (χ2v) is 7.80. The smallest absolute Gasteiger partial charge is 0.147 e. The monoisotopic (exact) mass is 425 g/mol. The lowest BCUT2D eigenvalue weighted by atomic mass is 10.2. The van der Waals surface area contributed by atoms with Gasteiger partial charge in [0.25, 0.3) is 0 Å². The van der Waals surface area contributed by atoms with E-state index in [2.05, 4.69) is 10.3 Å². The molecule has 0 aliphatic heterocycles. The average molecular weight is 426 g/mol. The molecule has 0 spiro atoms. The Morgan fingerprint density at radius 3 is 2.87 bits per heavy atom. The van der Waals surface area contributed by atoms with Gasteiger partial charge >= 0.3 is 0 Å². The molecule has 5 nitrogen and oxygen atoms in total. The maximum atomic E-state index is 14.5. The lowest BCUT2D eigenvalue weighted by Crippen LogP contribution is -2.12. The van der Waals surface area contributed by atoms with Crippen LogP contribution < -0.4 is 14.8 Å². The van der Waals surface area contributed by atoms with Gasteiger partial charge in [0.1, 0.15) is 17.3 Å². The Kier molecular flexibility index (Phi) is 5.90. The van der Waals surface area contributed by atoms with E-state index >= 15 is 0 Å². The van der Waals surface area contributed by atoms with Gasteiger partial charge in [-0.25, -0.2) is 4.39 Å². The fraction of sp³-hybridized carbons (Fsp3) is 0.261. The fourth-order valence-corrected chi connectivity index (χ4v) is 4.38. The van der Waals surface area contributed by atoms with E-state index in [1.807, 2.05) is 48.1 Å². The quantitative estimate of drug-likeness (QED) is 0.392. The molecule has 0 fully saturated rings. The standard InChI is InChI=1S/C23H24FN3O2S/c1-4-29-17-13-22(30-14-17)20-12-16(7-8-26-20)25-9-10-27-15(2)11-18-21(28-3)6-5-19(24)23(18)27/h5-8,11-14H,4,9-10H2,1-3H3,(H,25,26). The molecular formula is C23H24FN3O2S. The van der Waals surface area contributed by atoms with Gasteiger partial charge in [-0.2, -0.15) is 0 Å². The second-order valence-electron chi connectivity index (χ2n) is 6.89. The van der Waals surface area contributed by atoms with E-state index in [4.69, 9.17) is 9.47 Å². The molecule has 4 aromatic rings. The summed E-state index contributed by atoms with van der Waals surface area (Å²) in [5.41, 5.74) is 3.44. The van der Waals surface area contributed by atoms with Crippen molar-refractivity contribution in [3.05, 3.63) is 59.5 Å². The van der Waals surface area contributed by atoms with Crippen LogP contribution >= 0.6 is 11.3 Å². The SMILES string of the molecule is CCOc1csc(-c2cc(NCCn3c(C)cc4c(OC)ccc(F)c43)ccn2)c1. The number of fused-ring (bicyclic) bond motifs is 1. The van der Waals surface area contributed by atoms with Crippen molar-refractivity contribution >= 4 is 27.9 Å². The second kappa shape index (κ2) is 8.75. The van der Waals surface area contributed by atoms with Crippen LogP contribution in [-0.4, -0.2) is 29.8 Å². The molecule has 4 rings (SSSR count). The van der Waals surface area contributed by atoms with Crippen LogP contribution in [0.1, 0.15) is 12.6 Å². The van der Waals surface area contributed by atoms with Gasteiger partial charge in [0.05, 0.1) is 29.8 Å². The number of rotatable bonds is 8. The number of nitrogens with zero attached hydrogens (tertiary/aromatic N) is 2. The molecule has 0 amide bonds. The van der Waals surface area contributed by atoms with Crippen LogP contribution in [0.4, 0.5) is 10.1 Å². The van der Waals surface area contributed by atoms with Crippen molar-refractivity contribution in [1.29, 1.82) is 0 Å². The first-order valence-corrected chi connectivity index (χ1v) is 10.7. The maximum Gasteiger partial charge on any atom is 0.147 e. The number of methoxy groups -OCH3 is 1. The van der Waals surface area contributed by atoms with Crippen LogP contribution in [0.15, 0.2) is 48.0 Å². The van der Waals surface area contributed by atoms with Crippen molar-refractivity contribution in [1.82, 2.24) is 9.55 Å². The zero-order valence-corrected chi connectivity index (χ0v) is 18.1. The summed E-state index contributed by atoms with van der Waals surface area (Å²) < 4.78 is 27.4. The molecule has 156 valence electrons. The van der Waals surface area contributed by atoms with Crippen LogP contribution in [0.5, 0.6) is 11.5 Å². The molecule has 3 heterocycles. The summed E-state index contributed by atoms with van der Waals surface area (Å²) in [5, 5.41) is 6.21. The fourth-order valence-electron chi connectivity index (χ4n) is 3.59. The zero-order chi connectivity index (χ0) is 21.1. The number of halogens is 1.